The fourth-order valence-electron chi connectivity index (χ4n) is 3.00. The largest absolute Gasteiger partial charge is 0.341 e. The molecule has 1 N–H and O–H groups in total. The van der Waals surface area contributed by atoms with Crippen LogP contribution < -0.4 is 10.9 Å². The van der Waals surface area contributed by atoms with Gasteiger partial charge in [0.15, 0.2) is 0 Å². The van der Waals surface area contributed by atoms with Crippen LogP contribution in [-0.2, 0) is 11.3 Å². The molecule has 2 aromatic heterocycles. The number of carbonyl (C=O) groups excluding carboxylic acids is 1. The summed E-state index contributed by atoms with van der Waals surface area (Å²) in [5.41, 5.74) is 0.951. The van der Waals surface area contributed by atoms with E-state index >= 15 is 0 Å². The van der Waals surface area contributed by atoms with Gasteiger partial charge in [-0.05, 0) is 32.4 Å². The van der Waals surface area contributed by atoms with Crippen molar-refractivity contribution in [1.29, 1.82) is 0 Å². The summed E-state index contributed by atoms with van der Waals surface area (Å²) in [7, 11) is 1.84. The fourth-order valence-corrected chi connectivity index (χ4v) is 3.98. The molecule has 0 spiro atoms. The van der Waals surface area contributed by atoms with Gasteiger partial charge in [0, 0.05) is 37.5 Å². The van der Waals surface area contributed by atoms with Gasteiger partial charge in [-0.2, -0.15) is 0 Å². The van der Waals surface area contributed by atoms with Crippen molar-refractivity contribution < 1.29 is 4.79 Å². The van der Waals surface area contributed by atoms with Crippen LogP contribution >= 0.6 is 11.3 Å². The predicted molar refractivity (Wildman–Crippen MR) is 92.0 cm³/mol. The van der Waals surface area contributed by atoms with Gasteiger partial charge in [0.1, 0.15) is 4.83 Å². The maximum Gasteiger partial charge on any atom is 0.262 e. The number of fused-ring (bicyclic) bond motifs is 1. The van der Waals surface area contributed by atoms with Gasteiger partial charge in [-0.25, -0.2) is 4.98 Å². The first kappa shape index (κ1) is 16.1. The maximum atomic E-state index is 12.6. The number of amides is 1. The van der Waals surface area contributed by atoms with E-state index in [4.69, 9.17) is 0 Å². The van der Waals surface area contributed by atoms with E-state index in [-0.39, 0.29) is 17.5 Å². The van der Waals surface area contributed by atoms with E-state index in [0.29, 0.717) is 18.4 Å². The summed E-state index contributed by atoms with van der Waals surface area (Å²) in [5.74, 6) is 0.0731. The molecule has 2 aromatic rings. The van der Waals surface area contributed by atoms with Crippen molar-refractivity contribution in [2.75, 3.05) is 20.1 Å². The molecule has 0 bridgehead atoms. The highest BCUT2D eigenvalue weighted by Gasteiger charge is 2.23. The molecule has 0 radical (unpaired) electrons. The minimum Gasteiger partial charge on any atom is -0.341 e. The van der Waals surface area contributed by atoms with Crippen LogP contribution in [0.2, 0.25) is 0 Å². The number of nitrogens with one attached hydrogen (secondary N) is 1. The second-order valence-electron chi connectivity index (χ2n) is 6.11. The molecule has 3 heterocycles. The average molecular weight is 334 g/mol. The second kappa shape index (κ2) is 6.41. The van der Waals surface area contributed by atoms with E-state index in [9.17, 15) is 9.59 Å². The first-order valence-corrected chi connectivity index (χ1v) is 8.72. The number of rotatable bonds is 4. The zero-order valence-electron chi connectivity index (χ0n) is 13.8. The van der Waals surface area contributed by atoms with E-state index in [1.165, 1.54) is 0 Å². The van der Waals surface area contributed by atoms with E-state index in [1.54, 1.807) is 27.1 Å². The lowest BCUT2D eigenvalue weighted by molar-refractivity contribution is -0.131. The molecule has 0 unspecified atom stereocenters. The van der Waals surface area contributed by atoms with Gasteiger partial charge in [0.2, 0.25) is 5.91 Å². The Morgan fingerprint density at radius 1 is 1.52 bits per heavy atom. The van der Waals surface area contributed by atoms with Crippen molar-refractivity contribution in [3.8, 4) is 0 Å². The predicted octanol–water partition coefficient (Wildman–Crippen LogP) is 1.29. The molecule has 124 valence electrons. The molecule has 1 fully saturated rings. The molecule has 3 rings (SSSR count). The summed E-state index contributed by atoms with van der Waals surface area (Å²) >= 11 is 1.54. The van der Waals surface area contributed by atoms with Crippen molar-refractivity contribution >= 4 is 27.5 Å². The molecule has 1 amide bonds. The summed E-state index contributed by atoms with van der Waals surface area (Å²) in [6.45, 7) is 6.13. The number of aromatic nitrogens is 2. The number of thiophene rings is 1. The third-order valence-electron chi connectivity index (χ3n) is 4.70. The number of carbonyl (C=O) groups is 1. The van der Waals surface area contributed by atoms with Crippen LogP contribution in [0.25, 0.3) is 10.2 Å². The highest BCUT2D eigenvalue weighted by molar-refractivity contribution is 7.18. The number of aryl methyl sites for hydroxylation is 3. The molecule has 0 aliphatic carbocycles. The van der Waals surface area contributed by atoms with Gasteiger partial charge in [0.05, 0.1) is 11.7 Å². The molecule has 1 aliphatic heterocycles. The van der Waals surface area contributed by atoms with Gasteiger partial charge in [0.25, 0.3) is 5.56 Å². The summed E-state index contributed by atoms with van der Waals surface area (Å²) < 4.78 is 1.56. The minimum atomic E-state index is -0.0464. The maximum absolute atomic E-state index is 12.6. The van der Waals surface area contributed by atoms with Crippen molar-refractivity contribution in [3.05, 3.63) is 27.1 Å². The molecular formula is C16H22N4O2S. The van der Waals surface area contributed by atoms with Crippen LogP contribution in [0, 0.1) is 13.8 Å². The van der Waals surface area contributed by atoms with Crippen LogP contribution in [0.1, 0.15) is 23.3 Å². The molecule has 7 heteroatoms. The minimum absolute atomic E-state index is 0.0464. The van der Waals surface area contributed by atoms with Crippen LogP contribution in [0.15, 0.2) is 11.1 Å². The average Bonchev–Trinajstić information content (AvgIpc) is 3.15. The molecule has 1 atom stereocenters. The fraction of sp³-hybridized carbons (Fsp3) is 0.562. The third-order valence-corrected chi connectivity index (χ3v) is 5.81. The van der Waals surface area contributed by atoms with Gasteiger partial charge >= 0.3 is 0 Å². The number of hydrogen-bond acceptors (Lipinski definition) is 5. The molecule has 1 aliphatic rings. The Bertz CT molecular complexity index is 789. The van der Waals surface area contributed by atoms with E-state index in [1.807, 2.05) is 20.9 Å². The van der Waals surface area contributed by atoms with Crippen LogP contribution in [0.5, 0.6) is 0 Å². The Hall–Kier alpha value is -1.73. The third kappa shape index (κ3) is 3.03. The SMILES string of the molecule is Cc1sc2ncn(CCC(=O)N(C)[C@H]3CCNC3)c(=O)c2c1C. The topological polar surface area (TPSA) is 67.2 Å². The molecule has 1 saturated heterocycles. The van der Waals surface area contributed by atoms with Crippen molar-refractivity contribution in [1.82, 2.24) is 19.8 Å². The van der Waals surface area contributed by atoms with Gasteiger partial charge < -0.3 is 10.2 Å². The number of nitrogens with zero attached hydrogens (tertiary/aromatic N) is 3. The Morgan fingerprint density at radius 3 is 3.00 bits per heavy atom. The van der Waals surface area contributed by atoms with Crippen LogP contribution in [0.3, 0.4) is 0 Å². The molecule has 0 aromatic carbocycles. The standard InChI is InChI=1S/C16H22N4O2S/c1-10-11(2)23-15-14(10)16(22)20(9-18-15)7-5-13(21)19(3)12-4-6-17-8-12/h9,12,17H,4-8H2,1-3H3/t12-/m0/s1. The van der Waals surface area contributed by atoms with Crippen LogP contribution in [0.4, 0.5) is 0 Å². The summed E-state index contributed by atoms with van der Waals surface area (Å²) in [6.07, 6.45) is 2.87. The van der Waals surface area contributed by atoms with Crippen LogP contribution in [-0.4, -0.2) is 46.5 Å². The van der Waals surface area contributed by atoms with Gasteiger partial charge in [-0.15, -0.1) is 11.3 Å². The Balaban J connectivity index is 1.74. The van der Waals surface area contributed by atoms with E-state index in [0.717, 1.165) is 34.8 Å². The normalized spacial score (nSPS) is 17.8. The number of hydrogen-bond donors (Lipinski definition) is 1. The molecule has 23 heavy (non-hydrogen) atoms. The summed E-state index contributed by atoms with van der Waals surface area (Å²) in [5, 5.41) is 3.95. The Labute approximate surface area is 139 Å². The summed E-state index contributed by atoms with van der Waals surface area (Å²) in [4.78, 5) is 33.0. The van der Waals surface area contributed by atoms with Crippen molar-refractivity contribution in [2.45, 2.75) is 39.3 Å². The molecule has 6 nitrogen and oxygen atoms in total. The lowest BCUT2D eigenvalue weighted by Gasteiger charge is -2.23. The molecular weight excluding hydrogens is 312 g/mol. The lowest BCUT2D eigenvalue weighted by Crippen LogP contribution is -2.39. The van der Waals surface area contributed by atoms with Crippen molar-refractivity contribution in [2.24, 2.45) is 0 Å². The zero-order valence-corrected chi connectivity index (χ0v) is 14.6. The Morgan fingerprint density at radius 2 is 2.30 bits per heavy atom. The zero-order chi connectivity index (χ0) is 16.6. The van der Waals surface area contributed by atoms with E-state index in [2.05, 4.69) is 10.3 Å². The number of likely N-dealkylation sites (N-methyl/N-ethyl adjacent to an activating group) is 1. The van der Waals surface area contributed by atoms with E-state index < -0.39 is 0 Å². The summed E-state index contributed by atoms with van der Waals surface area (Å²) in [6, 6.07) is 0.265. The first-order chi connectivity index (χ1) is 11.0. The first-order valence-electron chi connectivity index (χ1n) is 7.90. The molecule has 0 saturated carbocycles. The monoisotopic (exact) mass is 334 g/mol. The van der Waals surface area contributed by atoms with Gasteiger partial charge in [-0.3, -0.25) is 14.2 Å². The lowest BCUT2D eigenvalue weighted by atomic mass is 10.2. The quantitative estimate of drug-likeness (QED) is 0.915. The smallest absolute Gasteiger partial charge is 0.262 e. The second-order valence-corrected chi connectivity index (χ2v) is 7.31. The van der Waals surface area contributed by atoms with Crippen molar-refractivity contribution in [3.63, 3.8) is 0 Å². The highest BCUT2D eigenvalue weighted by atomic mass is 32.1. The van der Waals surface area contributed by atoms with Gasteiger partial charge in [-0.1, -0.05) is 0 Å². The highest BCUT2D eigenvalue weighted by Crippen LogP contribution is 2.25. The Kier molecular flexibility index (Phi) is 4.50.